The van der Waals surface area contributed by atoms with Crippen molar-refractivity contribution in [1.29, 1.82) is 5.26 Å². The van der Waals surface area contributed by atoms with Crippen LogP contribution in [0.3, 0.4) is 0 Å². The molecule has 2 aromatic carbocycles. The lowest BCUT2D eigenvalue weighted by Crippen LogP contribution is -2.31. The van der Waals surface area contributed by atoms with Crippen LogP contribution in [0.1, 0.15) is 28.4 Å². The Morgan fingerprint density at radius 2 is 1.96 bits per heavy atom. The van der Waals surface area contributed by atoms with Gasteiger partial charge in [-0.15, -0.1) is 0 Å². The molecule has 0 aliphatic carbocycles. The molecule has 2 rings (SSSR count). The van der Waals surface area contributed by atoms with Gasteiger partial charge in [-0.1, -0.05) is 18.2 Å². The topological polar surface area (TPSA) is 56.5 Å². The van der Waals surface area contributed by atoms with Gasteiger partial charge >= 0.3 is 0 Å². The highest BCUT2D eigenvalue weighted by atomic mass is 19.1. The smallest absolute Gasteiger partial charge is 0.123 e. The van der Waals surface area contributed by atoms with Crippen LogP contribution >= 0.6 is 0 Å². The largest absolute Gasteiger partial charge is 0.387 e. The first kappa shape index (κ1) is 19.1. The number of hydrogen-bond donors (Lipinski definition) is 1. The van der Waals surface area contributed by atoms with E-state index in [9.17, 15) is 9.50 Å². The van der Waals surface area contributed by atoms with E-state index in [0.29, 0.717) is 31.8 Å². The van der Waals surface area contributed by atoms with Gasteiger partial charge in [0, 0.05) is 26.7 Å². The summed E-state index contributed by atoms with van der Waals surface area (Å²) in [4.78, 5) is 2.08. The summed E-state index contributed by atoms with van der Waals surface area (Å²) in [6.45, 7) is 4.04. The van der Waals surface area contributed by atoms with Gasteiger partial charge in [0.05, 0.1) is 24.3 Å². The van der Waals surface area contributed by atoms with Gasteiger partial charge in [-0.3, -0.25) is 4.90 Å². The summed E-state index contributed by atoms with van der Waals surface area (Å²) in [6, 6.07) is 13.9. The molecule has 0 bridgehead atoms. The summed E-state index contributed by atoms with van der Waals surface area (Å²) in [5.41, 5.74) is 3.13. The SMILES string of the molecule is COCCN(Cc1ccc(C#N)cc1)CC(O)c1ccc(F)cc1C. The highest BCUT2D eigenvalue weighted by Gasteiger charge is 2.16. The Balaban J connectivity index is 2.09. The van der Waals surface area contributed by atoms with E-state index in [-0.39, 0.29) is 5.82 Å². The molecule has 25 heavy (non-hydrogen) atoms. The van der Waals surface area contributed by atoms with Gasteiger partial charge in [-0.25, -0.2) is 4.39 Å². The maximum atomic E-state index is 13.3. The van der Waals surface area contributed by atoms with Gasteiger partial charge in [-0.05, 0) is 47.9 Å². The van der Waals surface area contributed by atoms with Crippen molar-refractivity contribution < 1.29 is 14.2 Å². The predicted molar refractivity (Wildman–Crippen MR) is 94.4 cm³/mol. The van der Waals surface area contributed by atoms with Gasteiger partial charge < -0.3 is 9.84 Å². The Morgan fingerprint density at radius 1 is 1.24 bits per heavy atom. The van der Waals surface area contributed by atoms with E-state index in [1.807, 2.05) is 12.1 Å². The summed E-state index contributed by atoms with van der Waals surface area (Å²) in [5.74, 6) is -0.303. The maximum Gasteiger partial charge on any atom is 0.123 e. The molecule has 1 N–H and O–H groups in total. The second-order valence-corrected chi connectivity index (χ2v) is 6.05. The van der Waals surface area contributed by atoms with Crippen molar-refractivity contribution in [3.63, 3.8) is 0 Å². The quantitative estimate of drug-likeness (QED) is 0.800. The van der Waals surface area contributed by atoms with E-state index in [2.05, 4.69) is 11.0 Å². The first-order valence-corrected chi connectivity index (χ1v) is 8.18. The van der Waals surface area contributed by atoms with Gasteiger partial charge in [0.25, 0.3) is 0 Å². The Kier molecular flexibility index (Phi) is 7.08. The molecular formula is C20H23FN2O2. The molecule has 132 valence electrons. The third-order valence-corrected chi connectivity index (χ3v) is 4.12. The van der Waals surface area contributed by atoms with Gasteiger partial charge in [0.15, 0.2) is 0 Å². The number of halogens is 1. The normalized spacial score (nSPS) is 12.2. The minimum absolute atomic E-state index is 0.303. The van der Waals surface area contributed by atoms with Crippen molar-refractivity contribution in [1.82, 2.24) is 4.90 Å². The zero-order valence-electron chi connectivity index (χ0n) is 14.6. The Morgan fingerprint density at radius 3 is 2.56 bits per heavy atom. The van der Waals surface area contributed by atoms with E-state index in [1.54, 1.807) is 32.2 Å². The monoisotopic (exact) mass is 342 g/mol. The summed E-state index contributed by atoms with van der Waals surface area (Å²) >= 11 is 0. The first-order chi connectivity index (χ1) is 12.0. The minimum atomic E-state index is -0.712. The highest BCUT2D eigenvalue weighted by Crippen LogP contribution is 2.20. The molecule has 0 aliphatic heterocycles. The van der Waals surface area contributed by atoms with Gasteiger partial charge in [0.2, 0.25) is 0 Å². The molecule has 4 nitrogen and oxygen atoms in total. The van der Waals surface area contributed by atoms with Crippen molar-refractivity contribution in [2.75, 3.05) is 26.8 Å². The van der Waals surface area contributed by atoms with Crippen LogP contribution in [-0.2, 0) is 11.3 Å². The number of rotatable bonds is 8. The van der Waals surface area contributed by atoms with Crippen molar-refractivity contribution >= 4 is 0 Å². The summed E-state index contributed by atoms with van der Waals surface area (Å²) in [5, 5.41) is 19.5. The average Bonchev–Trinajstić information content (AvgIpc) is 2.60. The van der Waals surface area contributed by atoms with E-state index >= 15 is 0 Å². The molecule has 0 fully saturated rings. The number of aryl methyl sites for hydroxylation is 1. The average molecular weight is 342 g/mol. The molecule has 5 heteroatoms. The van der Waals surface area contributed by atoms with Crippen LogP contribution < -0.4 is 0 Å². The van der Waals surface area contributed by atoms with Crippen LogP contribution in [0.5, 0.6) is 0 Å². The lowest BCUT2D eigenvalue weighted by atomic mass is 10.0. The maximum absolute atomic E-state index is 13.3. The third kappa shape index (κ3) is 5.64. The van der Waals surface area contributed by atoms with Crippen LogP contribution in [0.15, 0.2) is 42.5 Å². The van der Waals surface area contributed by atoms with E-state index in [0.717, 1.165) is 16.7 Å². The van der Waals surface area contributed by atoms with Crippen molar-refractivity contribution in [2.24, 2.45) is 0 Å². The molecule has 0 aliphatic rings. The molecule has 0 saturated carbocycles. The molecule has 1 unspecified atom stereocenters. The van der Waals surface area contributed by atoms with Crippen LogP contribution in [0.2, 0.25) is 0 Å². The van der Waals surface area contributed by atoms with Crippen LogP contribution in [0.4, 0.5) is 4.39 Å². The fourth-order valence-electron chi connectivity index (χ4n) is 2.75. The number of nitrogens with zero attached hydrogens (tertiary/aromatic N) is 2. The Bertz CT molecular complexity index is 725. The number of ether oxygens (including phenoxy) is 1. The number of methoxy groups -OCH3 is 1. The number of aliphatic hydroxyl groups excluding tert-OH is 1. The number of nitriles is 1. The number of benzene rings is 2. The van der Waals surface area contributed by atoms with Crippen LogP contribution in [0.25, 0.3) is 0 Å². The van der Waals surface area contributed by atoms with Gasteiger partial charge in [0.1, 0.15) is 5.82 Å². The minimum Gasteiger partial charge on any atom is -0.387 e. The van der Waals surface area contributed by atoms with Gasteiger partial charge in [-0.2, -0.15) is 5.26 Å². The van der Waals surface area contributed by atoms with E-state index in [4.69, 9.17) is 10.00 Å². The zero-order chi connectivity index (χ0) is 18.2. The number of aliphatic hydroxyl groups is 1. The molecule has 2 aromatic rings. The summed E-state index contributed by atoms with van der Waals surface area (Å²) in [7, 11) is 1.64. The van der Waals surface area contributed by atoms with Crippen LogP contribution in [-0.4, -0.2) is 36.8 Å². The Labute approximate surface area is 148 Å². The van der Waals surface area contributed by atoms with Crippen molar-refractivity contribution in [2.45, 2.75) is 19.6 Å². The standard InChI is InChI=1S/C20H23FN2O2/c1-15-11-18(21)7-8-19(15)20(24)14-23(9-10-25-2)13-17-5-3-16(12-22)4-6-17/h3-8,11,20,24H,9-10,13-14H2,1-2H3. The highest BCUT2D eigenvalue weighted by molar-refractivity contribution is 5.32. The first-order valence-electron chi connectivity index (χ1n) is 8.18. The molecule has 0 aromatic heterocycles. The molecule has 0 saturated heterocycles. The second-order valence-electron chi connectivity index (χ2n) is 6.05. The third-order valence-electron chi connectivity index (χ3n) is 4.12. The number of hydrogen-bond acceptors (Lipinski definition) is 4. The van der Waals surface area contributed by atoms with Crippen molar-refractivity contribution in [3.8, 4) is 6.07 Å². The second kappa shape index (κ2) is 9.28. The molecule has 0 spiro atoms. The predicted octanol–water partition coefficient (Wildman–Crippen LogP) is 3.19. The lowest BCUT2D eigenvalue weighted by Gasteiger charge is -2.26. The van der Waals surface area contributed by atoms with Crippen LogP contribution in [0, 0.1) is 24.1 Å². The molecular weight excluding hydrogens is 319 g/mol. The fourth-order valence-corrected chi connectivity index (χ4v) is 2.75. The molecule has 1 atom stereocenters. The van der Waals surface area contributed by atoms with E-state index < -0.39 is 6.10 Å². The summed E-state index contributed by atoms with van der Waals surface area (Å²) in [6.07, 6.45) is -0.712. The Hall–Kier alpha value is -2.26. The molecule has 0 amide bonds. The zero-order valence-corrected chi connectivity index (χ0v) is 14.6. The fraction of sp³-hybridized carbons (Fsp3) is 0.350. The lowest BCUT2D eigenvalue weighted by molar-refractivity contribution is 0.0846. The van der Waals surface area contributed by atoms with Crippen molar-refractivity contribution in [3.05, 3.63) is 70.5 Å². The molecule has 0 heterocycles. The molecule has 0 radical (unpaired) electrons. The van der Waals surface area contributed by atoms with E-state index in [1.165, 1.54) is 12.1 Å². The summed E-state index contributed by atoms with van der Waals surface area (Å²) < 4.78 is 18.4.